The van der Waals surface area contributed by atoms with E-state index < -0.39 is 0 Å². The smallest absolute Gasteiger partial charge is 0.240 e. The highest BCUT2D eigenvalue weighted by molar-refractivity contribution is 5.83. The number of carbonyl (C=O) groups excluding carboxylic acids is 1. The third kappa shape index (κ3) is 5.62. The second-order valence-electron chi connectivity index (χ2n) is 6.18. The molecule has 0 aliphatic heterocycles. The number of nitrogens with one attached hydrogen (secondary N) is 1. The second-order valence-corrected chi connectivity index (χ2v) is 6.18. The van der Waals surface area contributed by atoms with Gasteiger partial charge >= 0.3 is 0 Å². The molecular formula is C21H26N2O3. The largest absolute Gasteiger partial charge is 0.496 e. The monoisotopic (exact) mass is 354 g/mol. The van der Waals surface area contributed by atoms with Gasteiger partial charge in [-0.1, -0.05) is 24.3 Å². The van der Waals surface area contributed by atoms with E-state index >= 15 is 0 Å². The Morgan fingerprint density at radius 1 is 1.04 bits per heavy atom. The van der Waals surface area contributed by atoms with Gasteiger partial charge in [0.1, 0.15) is 11.5 Å². The van der Waals surface area contributed by atoms with Crippen molar-refractivity contribution in [3.8, 4) is 11.5 Å². The van der Waals surface area contributed by atoms with Gasteiger partial charge in [0.15, 0.2) is 0 Å². The van der Waals surface area contributed by atoms with Crippen molar-refractivity contribution in [2.75, 3.05) is 14.2 Å². The lowest BCUT2D eigenvalue weighted by molar-refractivity contribution is -0.121. The van der Waals surface area contributed by atoms with Crippen LogP contribution in [-0.2, 0) is 11.2 Å². The highest BCUT2D eigenvalue weighted by Crippen LogP contribution is 2.19. The molecule has 1 amide bonds. The van der Waals surface area contributed by atoms with Crippen LogP contribution in [0, 0.1) is 13.8 Å². The average molecular weight is 354 g/mol. The summed E-state index contributed by atoms with van der Waals surface area (Å²) in [4.78, 5) is 11.9. The molecule has 5 nitrogen and oxygen atoms in total. The van der Waals surface area contributed by atoms with Crippen molar-refractivity contribution < 1.29 is 14.3 Å². The summed E-state index contributed by atoms with van der Waals surface area (Å²) in [6.45, 7) is 4.00. The maximum atomic E-state index is 11.9. The number of rotatable bonds is 8. The number of carbonyl (C=O) groups is 1. The molecule has 0 aliphatic rings. The fourth-order valence-electron chi connectivity index (χ4n) is 2.70. The van der Waals surface area contributed by atoms with Gasteiger partial charge in [0.05, 0.1) is 20.4 Å². The molecule has 26 heavy (non-hydrogen) atoms. The molecule has 0 bridgehead atoms. The molecule has 2 rings (SSSR count). The Morgan fingerprint density at radius 3 is 2.50 bits per heavy atom. The van der Waals surface area contributed by atoms with Crippen molar-refractivity contribution in [1.82, 2.24) is 5.43 Å². The zero-order chi connectivity index (χ0) is 18.9. The molecule has 0 radical (unpaired) electrons. The fraction of sp³-hybridized carbons (Fsp3) is 0.333. The third-order valence-corrected chi connectivity index (χ3v) is 4.16. The molecule has 0 heterocycles. The summed E-state index contributed by atoms with van der Waals surface area (Å²) in [6.07, 6.45) is 3.66. The van der Waals surface area contributed by atoms with Crippen LogP contribution in [-0.4, -0.2) is 26.3 Å². The first-order valence-corrected chi connectivity index (χ1v) is 8.63. The Morgan fingerprint density at radius 2 is 1.81 bits per heavy atom. The Labute approximate surface area is 155 Å². The van der Waals surface area contributed by atoms with Crippen LogP contribution in [0.5, 0.6) is 11.5 Å². The van der Waals surface area contributed by atoms with Crippen LogP contribution in [0.25, 0.3) is 0 Å². The van der Waals surface area contributed by atoms with E-state index in [9.17, 15) is 4.79 Å². The zero-order valence-corrected chi connectivity index (χ0v) is 15.8. The number of methoxy groups -OCH3 is 2. The van der Waals surface area contributed by atoms with E-state index in [0.717, 1.165) is 41.0 Å². The van der Waals surface area contributed by atoms with Crippen LogP contribution in [0.2, 0.25) is 0 Å². The van der Waals surface area contributed by atoms with E-state index in [1.165, 1.54) is 5.56 Å². The Kier molecular flexibility index (Phi) is 7.21. The van der Waals surface area contributed by atoms with Crippen molar-refractivity contribution in [2.24, 2.45) is 5.10 Å². The summed E-state index contributed by atoms with van der Waals surface area (Å²) in [6, 6.07) is 11.9. The van der Waals surface area contributed by atoms with Crippen molar-refractivity contribution in [3.63, 3.8) is 0 Å². The van der Waals surface area contributed by atoms with Gasteiger partial charge < -0.3 is 9.47 Å². The average Bonchev–Trinajstić information content (AvgIpc) is 2.63. The first-order chi connectivity index (χ1) is 12.5. The molecule has 0 saturated carbocycles. The van der Waals surface area contributed by atoms with Crippen molar-refractivity contribution >= 4 is 12.1 Å². The molecule has 0 aliphatic carbocycles. The summed E-state index contributed by atoms with van der Waals surface area (Å²) in [7, 11) is 3.30. The fourth-order valence-corrected chi connectivity index (χ4v) is 2.70. The normalized spacial score (nSPS) is 10.8. The van der Waals surface area contributed by atoms with E-state index in [1.54, 1.807) is 20.4 Å². The topological polar surface area (TPSA) is 59.9 Å². The highest BCUT2D eigenvalue weighted by Gasteiger charge is 2.03. The van der Waals surface area contributed by atoms with Gasteiger partial charge in [-0.25, -0.2) is 5.43 Å². The number of amides is 1. The minimum atomic E-state index is -0.0921. The van der Waals surface area contributed by atoms with Gasteiger partial charge in [-0.3, -0.25) is 4.79 Å². The Hall–Kier alpha value is -2.82. The van der Waals surface area contributed by atoms with E-state index in [2.05, 4.69) is 16.6 Å². The first kappa shape index (κ1) is 19.5. The zero-order valence-electron chi connectivity index (χ0n) is 15.8. The van der Waals surface area contributed by atoms with E-state index in [1.807, 2.05) is 44.2 Å². The third-order valence-electron chi connectivity index (χ3n) is 4.16. The Bertz CT molecular complexity index is 785. The van der Waals surface area contributed by atoms with Gasteiger partial charge in [-0.05, 0) is 61.1 Å². The minimum Gasteiger partial charge on any atom is -0.496 e. The molecular weight excluding hydrogens is 328 g/mol. The molecule has 0 atom stereocenters. The lowest BCUT2D eigenvalue weighted by Crippen LogP contribution is -2.17. The Balaban J connectivity index is 1.77. The summed E-state index contributed by atoms with van der Waals surface area (Å²) in [5.41, 5.74) is 6.81. The maximum Gasteiger partial charge on any atom is 0.240 e. The van der Waals surface area contributed by atoms with Crippen LogP contribution in [0.4, 0.5) is 0 Å². The van der Waals surface area contributed by atoms with Crippen LogP contribution in [0.1, 0.15) is 35.1 Å². The number of hydrogen-bond donors (Lipinski definition) is 1. The lowest BCUT2D eigenvalue weighted by Gasteiger charge is -2.07. The quantitative estimate of drug-likeness (QED) is 0.579. The van der Waals surface area contributed by atoms with Gasteiger partial charge in [-0.2, -0.15) is 5.10 Å². The summed E-state index contributed by atoms with van der Waals surface area (Å²) in [5, 5.41) is 4.01. The molecule has 2 aromatic carbocycles. The SMILES string of the molecule is COc1ccc(CCCC(=O)NN=Cc2ccc(C)c(OC)c2)cc1C. The number of benzene rings is 2. The van der Waals surface area contributed by atoms with Crippen molar-refractivity contribution in [1.29, 1.82) is 0 Å². The number of hydrogen-bond acceptors (Lipinski definition) is 4. The van der Waals surface area contributed by atoms with Crippen LogP contribution in [0.15, 0.2) is 41.5 Å². The maximum absolute atomic E-state index is 11.9. The van der Waals surface area contributed by atoms with Gasteiger partial charge in [-0.15, -0.1) is 0 Å². The lowest BCUT2D eigenvalue weighted by atomic mass is 10.1. The molecule has 2 aromatic rings. The molecule has 0 saturated heterocycles. The van der Waals surface area contributed by atoms with Crippen LogP contribution in [0.3, 0.4) is 0 Å². The molecule has 0 fully saturated rings. The minimum absolute atomic E-state index is 0.0921. The molecule has 0 aromatic heterocycles. The first-order valence-electron chi connectivity index (χ1n) is 8.63. The number of ether oxygens (including phenoxy) is 2. The molecule has 138 valence electrons. The predicted molar refractivity (Wildman–Crippen MR) is 104 cm³/mol. The molecule has 1 N–H and O–H groups in total. The van der Waals surface area contributed by atoms with Crippen LogP contribution < -0.4 is 14.9 Å². The van der Waals surface area contributed by atoms with Gasteiger partial charge in [0.25, 0.3) is 0 Å². The molecule has 0 spiro atoms. The van der Waals surface area contributed by atoms with E-state index in [0.29, 0.717) is 6.42 Å². The standard InChI is InChI=1S/C21H26N2O3/c1-15-8-9-18(13-20(15)26-4)14-22-23-21(24)7-5-6-17-10-11-19(25-3)16(2)12-17/h8-14H,5-7H2,1-4H3,(H,23,24). The summed E-state index contributed by atoms with van der Waals surface area (Å²) in [5.74, 6) is 1.59. The van der Waals surface area contributed by atoms with E-state index in [-0.39, 0.29) is 5.91 Å². The van der Waals surface area contributed by atoms with Crippen LogP contribution >= 0.6 is 0 Å². The number of hydrazone groups is 1. The van der Waals surface area contributed by atoms with Gasteiger partial charge in [0.2, 0.25) is 5.91 Å². The summed E-state index contributed by atoms with van der Waals surface area (Å²) >= 11 is 0. The van der Waals surface area contributed by atoms with Crippen molar-refractivity contribution in [3.05, 3.63) is 58.7 Å². The van der Waals surface area contributed by atoms with E-state index in [4.69, 9.17) is 9.47 Å². The van der Waals surface area contributed by atoms with Crippen molar-refractivity contribution in [2.45, 2.75) is 33.1 Å². The second kappa shape index (κ2) is 9.61. The predicted octanol–water partition coefficient (Wildman–Crippen LogP) is 3.79. The number of aryl methyl sites for hydroxylation is 3. The highest BCUT2D eigenvalue weighted by atomic mass is 16.5. The van der Waals surface area contributed by atoms with Gasteiger partial charge in [0, 0.05) is 6.42 Å². The summed E-state index contributed by atoms with van der Waals surface area (Å²) < 4.78 is 10.5. The molecule has 0 unspecified atom stereocenters. The number of nitrogens with zero attached hydrogens (tertiary/aromatic N) is 1. The molecule has 5 heteroatoms.